The van der Waals surface area contributed by atoms with Crippen LogP contribution in [0.2, 0.25) is 0 Å². The second-order valence-corrected chi connectivity index (χ2v) is 4.64. The molecule has 14 heavy (non-hydrogen) atoms. The van der Waals surface area contributed by atoms with Gasteiger partial charge in [0, 0.05) is 15.0 Å². The monoisotopic (exact) mass is 321 g/mol. The van der Waals surface area contributed by atoms with Gasteiger partial charge in [-0.1, -0.05) is 37.9 Å². The Morgan fingerprint density at radius 1 is 1.50 bits per heavy atom. The molecule has 0 saturated carbocycles. The SMILES string of the molecule is N[C@H](CC(=O)O)c1ccc(Br)cc1Br. The molecule has 0 aromatic heterocycles. The molecule has 1 rings (SSSR count). The fourth-order valence-electron chi connectivity index (χ4n) is 1.10. The second-order valence-electron chi connectivity index (χ2n) is 2.87. The van der Waals surface area contributed by atoms with Gasteiger partial charge in [-0.25, -0.2) is 0 Å². The number of nitrogens with two attached hydrogens (primary N) is 1. The third-order valence-corrected chi connectivity index (χ3v) is 2.94. The molecular weight excluding hydrogens is 314 g/mol. The lowest BCUT2D eigenvalue weighted by Crippen LogP contribution is -2.15. The molecule has 1 aromatic rings. The van der Waals surface area contributed by atoms with Gasteiger partial charge in [0.1, 0.15) is 0 Å². The number of aliphatic carboxylic acids is 1. The zero-order valence-corrected chi connectivity index (χ0v) is 10.4. The van der Waals surface area contributed by atoms with Crippen LogP contribution in [-0.2, 0) is 4.79 Å². The summed E-state index contributed by atoms with van der Waals surface area (Å²) in [6, 6.07) is 5.01. The van der Waals surface area contributed by atoms with Crippen LogP contribution in [-0.4, -0.2) is 11.1 Å². The van der Waals surface area contributed by atoms with E-state index in [2.05, 4.69) is 31.9 Å². The number of benzene rings is 1. The van der Waals surface area contributed by atoms with Crippen LogP contribution >= 0.6 is 31.9 Å². The van der Waals surface area contributed by atoms with Crippen molar-refractivity contribution in [2.75, 3.05) is 0 Å². The number of carboxylic acids is 1. The average Bonchev–Trinajstić information content (AvgIpc) is 2.01. The average molecular weight is 323 g/mol. The molecule has 0 saturated heterocycles. The number of carboxylic acid groups (broad SMARTS) is 1. The highest BCUT2D eigenvalue weighted by atomic mass is 79.9. The molecule has 0 bridgehead atoms. The van der Waals surface area contributed by atoms with Crippen molar-refractivity contribution in [2.45, 2.75) is 12.5 Å². The van der Waals surface area contributed by atoms with Crippen LogP contribution in [0.4, 0.5) is 0 Å². The summed E-state index contributed by atoms with van der Waals surface area (Å²) in [7, 11) is 0. The maximum Gasteiger partial charge on any atom is 0.305 e. The summed E-state index contributed by atoms with van der Waals surface area (Å²) in [5.74, 6) is -0.896. The van der Waals surface area contributed by atoms with Crippen molar-refractivity contribution >= 4 is 37.8 Å². The van der Waals surface area contributed by atoms with Crippen LogP contribution < -0.4 is 5.73 Å². The Hall–Kier alpha value is -0.390. The van der Waals surface area contributed by atoms with Gasteiger partial charge < -0.3 is 10.8 Å². The van der Waals surface area contributed by atoms with Crippen molar-refractivity contribution in [2.24, 2.45) is 5.73 Å². The largest absolute Gasteiger partial charge is 0.481 e. The Morgan fingerprint density at radius 3 is 2.64 bits per heavy atom. The van der Waals surface area contributed by atoms with Gasteiger partial charge in [-0.2, -0.15) is 0 Å². The van der Waals surface area contributed by atoms with Crippen molar-refractivity contribution in [3.05, 3.63) is 32.7 Å². The first-order valence-electron chi connectivity index (χ1n) is 3.93. The van der Waals surface area contributed by atoms with E-state index in [1.807, 2.05) is 18.2 Å². The van der Waals surface area contributed by atoms with Crippen molar-refractivity contribution in [1.29, 1.82) is 0 Å². The minimum Gasteiger partial charge on any atom is -0.481 e. The quantitative estimate of drug-likeness (QED) is 0.899. The smallest absolute Gasteiger partial charge is 0.305 e. The Balaban J connectivity index is 2.90. The Kier molecular flexibility index (Phi) is 4.10. The molecule has 76 valence electrons. The summed E-state index contributed by atoms with van der Waals surface area (Å²) in [6.07, 6.45) is -0.0692. The summed E-state index contributed by atoms with van der Waals surface area (Å²) < 4.78 is 1.75. The summed E-state index contributed by atoms with van der Waals surface area (Å²) >= 11 is 6.64. The number of hydrogen-bond acceptors (Lipinski definition) is 2. The molecule has 0 unspecified atom stereocenters. The molecule has 1 atom stereocenters. The lowest BCUT2D eigenvalue weighted by molar-refractivity contribution is -0.137. The third-order valence-electron chi connectivity index (χ3n) is 1.76. The Morgan fingerprint density at radius 2 is 2.14 bits per heavy atom. The summed E-state index contributed by atoms with van der Waals surface area (Å²) in [5, 5.41) is 8.59. The number of carbonyl (C=O) groups is 1. The van der Waals surface area contributed by atoms with E-state index in [0.29, 0.717) is 0 Å². The Bertz CT molecular complexity index is 355. The van der Waals surface area contributed by atoms with E-state index in [1.54, 1.807) is 0 Å². The van der Waals surface area contributed by atoms with Gasteiger partial charge in [-0.15, -0.1) is 0 Å². The molecule has 3 N–H and O–H groups in total. The number of halogens is 2. The molecule has 5 heteroatoms. The zero-order valence-electron chi connectivity index (χ0n) is 7.21. The van der Waals surface area contributed by atoms with Gasteiger partial charge in [0.25, 0.3) is 0 Å². The molecule has 0 fully saturated rings. The fourth-order valence-corrected chi connectivity index (χ4v) is 2.44. The highest BCUT2D eigenvalue weighted by Gasteiger charge is 2.13. The second kappa shape index (κ2) is 4.91. The van der Waals surface area contributed by atoms with Crippen LogP contribution in [0.3, 0.4) is 0 Å². The first-order valence-corrected chi connectivity index (χ1v) is 5.51. The van der Waals surface area contributed by atoms with E-state index in [9.17, 15) is 4.79 Å². The van der Waals surface area contributed by atoms with E-state index in [4.69, 9.17) is 10.8 Å². The van der Waals surface area contributed by atoms with Crippen LogP contribution in [0.5, 0.6) is 0 Å². The van der Waals surface area contributed by atoms with Crippen molar-refractivity contribution < 1.29 is 9.90 Å². The maximum atomic E-state index is 10.5. The lowest BCUT2D eigenvalue weighted by Gasteiger charge is -2.11. The van der Waals surface area contributed by atoms with Gasteiger partial charge >= 0.3 is 5.97 Å². The van der Waals surface area contributed by atoms with E-state index in [-0.39, 0.29) is 6.42 Å². The fraction of sp³-hybridized carbons (Fsp3) is 0.222. The normalized spacial score (nSPS) is 12.5. The van der Waals surface area contributed by atoms with Crippen LogP contribution in [0.15, 0.2) is 27.1 Å². The third kappa shape index (κ3) is 3.08. The standard InChI is InChI=1S/C9H9Br2NO2/c10-5-1-2-6(7(11)3-5)8(12)4-9(13)14/h1-3,8H,4,12H2,(H,13,14)/t8-/m1/s1. The molecule has 0 aliphatic rings. The van der Waals surface area contributed by atoms with Gasteiger partial charge in [0.2, 0.25) is 0 Å². The number of rotatable bonds is 3. The zero-order chi connectivity index (χ0) is 10.7. The van der Waals surface area contributed by atoms with E-state index < -0.39 is 12.0 Å². The predicted octanol–water partition coefficient (Wildman–Crippen LogP) is 2.69. The summed E-state index contributed by atoms with van der Waals surface area (Å²) in [6.45, 7) is 0. The minimum absolute atomic E-state index is 0.0692. The predicted molar refractivity (Wildman–Crippen MR) is 61.0 cm³/mol. The van der Waals surface area contributed by atoms with Crippen LogP contribution in [0.25, 0.3) is 0 Å². The topological polar surface area (TPSA) is 63.3 Å². The minimum atomic E-state index is -0.896. The lowest BCUT2D eigenvalue weighted by atomic mass is 10.1. The molecule has 0 aliphatic heterocycles. The van der Waals surface area contributed by atoms with Crippen molar-refractivity contribution in [3.63, 3.8) is 0 Å². The highest BCUT2D eigenvalue weighted by Crippen LogP contribution is 2.27. The molecule has 3 nitrogen and oxygen atoms in total. The van der Waals surface area contributed by atoms with Crippen molar-refractivity contribution in [3.8, 4) is 0 Å². The number of hydrogen-bond donors (Lipinski definition) is 2. The van der Waals surface area contributed by atoms with Gasteiger partial charge in [-0.05, 0) is 17.7 Å². The van der Waals surface area contributed by atoms with Gasteiger partial charge in [0.05, 0.1) is 6.42 Å². The van der Waals surface area contributed by atoms with E-state index in [0.717, 1.165) is 14.5 Å². The molecule has 1 aromatic carbocycles. The van der Waals surface area contributed by atoms with Crippen molar-refractivity contribution in [1.82, 2.24) is 0 Å². The summed E-state index contributed by atoms with van der Waals surface area (Å²) in [5.41, 5.74) is 6.52. The highest BCUT2D eigenvalue weighted by molar-refractivity contribution is 9.11. The molecule has 0 aliphatic carbocycles. The van der Waals surface area contributed by atoms with E-state index >= 15 is 0 Å². The first-order chi connectivity index (χ1) is 6.50. The van der Waals surface area contributed by atoms with Crippen LogP contribution in [0, 0.1) is 0 Å². The maximum absolute atomic E-state index is 10.5. The molecule has 0 heterocycles. The van der Waals surface area contributed by atoms with E-state index in [1.165, 1.54) is 0 Å². The molecular formula is C9H9Br2NO2. The molecule has 0 amide bonds. The van der Waals surface area contributed by atoms with Crippen LogP contribution in [0.1, 0.15) is 18.0 Å². The Labute approximate surface area is 98.6 Å². The molecule has 0 spiro atoms. The van der Waals surface area contributed by atoms with Gasteiger partial charge in [0.15, 0.2) is 0 Å². The summed E-state index contributed by atoms with van der Waals surface area (Å²) in [4.78, 5) is 10.5. The van der Waals surface area contributed by atoms with Gasteiger partial charge in [-0.3, -0.25) is 4.79 Å². The first kappa shape index (κ1) is 11.7. The molecule has 0 radical (unpaired) electrons.